The number of benzene rings is 2. The Hall–Kier alpha value is -1.42. The molecule has 0 amide bonds. The van der Waals surface area contributed by atoms with Crippen molar-refractivity contribution in [1.82, 2.24) is 5.32 Å². The van der Waals surface area contributed by atoms with Crippen molar-refractivity contribution in [3.05, 3.63) is 58.6 Å². The minimum Gasteiger partial charge on any atom is -0.497 e. The number of methoxy groups -OCH3 is 1. The van der Waals surface area contributed by atoms with Crippen LogP contribution >= 0.6 is 24.0 Å². The summed E-state index contributed by atoms with van der Waals surface area (Å²) in [4.78, 5) is 0. The zero-order chi connectivity index (χ0) is 15.8. The maximum atomic E-state index is 6.18. The molecule has 0 radical (unpaired) electrons. The third-order valence-electron chi connectivity index (χ3n) is 3.37. The van der Waals surface area contributed by atoms with Crippen molar-refractivity contribution >= 4 is 24.0 Å². The first-order valence-corrected chi connectivity index (χ1v) is 7.85. The summed E-state index contributed by atoms with van der Waals surface area (Å²) in [5, 5.41) is 4.09. The molecule has 0 aliphatic carbocycles. The molecular weight excluding hydrogens is 333 g/mol. The summed E-state index contributed by atoms with van der Waals surface area (Å²) in [6.07, 6.45) is 0.981. The number of hydrogen-bond acceptors (Lipinski definition) is 3. The fourth-order valence-corrected chi connectivity index (χ4v) is 2.44. The van der Waals surface area contributed by atoms with Crippen molar-refractivity contribution in [3.8, 4) is 11.5 Å². The Morgan fingerprint density at radius 2 is 1.74 bits per heavy atom. The van der Waals surface area contributed by atoms with Crippen LogP contribution in [0.15, 0.2) is 42.5 Å². The van der Waals surface area contributed by atoms with Gasteiger partial charge in [-0.25, -0.2) is 0 Å². The predicted molar refractivity (Wildman–Crippen MR) is 98.3 cm³/mol. The molecule has 0 spiro atoms. The van der Waals surface area contributed by atoms with Gasteiger partial charge in [-0.1, -0.05) is 29.8 Å². The van der Waals surface area contributed by atoms with Crippen LogP contribution in [0, 0.1) is 0 Å². The molecule has 5 heteroatoms. The number of nitrogens with one attached hydrogen (secondary N) is 1. The highest BCUT2D eigenvalue weighted by Crippen LogP contribution is 2.25. The molecule has 0 saturated heterocycles. The highest BCUT2D eigenvalue weighted by Gasteiger charge is 2.02. The summed E-state index contributed by atoms with van der Waals surface area (Å²) >= 11 is 6.18. The molecule has 2 rings (SSSR count). The number of rotatable bonds is 8. The van der Waals surface area contributed by atoms with E-state index in [1.165, 1.54) is 5.56 Å². The lowest BCUT2D eigenvalue weighted by Gasteiger charge is -2.09. The minimum atomic E-state index is 0. The molecule has 0 bridgehead atoms. The van der Waals surface area contributed by atoms with E-state index in [0.29, 0.717) is 11.6 Å². The van der Waals surface area contributed by atoms with Crippen molar-refractivity contribution in [2.24, 2.45) is 0 Å². The third-order valence-corrected chi connectivity index (χ3v) is 3.67. The molecule has 0 atom stereocenters. The molecule has 0 aliphatic rings. The Kier molecular flexibility index (Phi) is 8.85. The van der Waals surface area contributed by atoms with Crippen molar-refractivity contribution in [2.75, 3.05) is 20.3 Å². The topological polar surface area (TPSA) is 30.5 Å². The lowest BCUT2D eigenvalue weighted by molar-refractivity contribution is 0.340. The Labute approximate surface area is 149 Å². The van der Waals surface area contributed by atoms with E-state index < -0.39 is 0 Å². The van der Waals surface area contributed by atoms with Gasteiger partial charge >= 0.3 is 0 Å². The summed E-state index contributed by atoms with van der Waals surface area (Å²) in [5.41, 5.74) is 2.45. The Morgan fingerprint density at radius 1 is 1.04 bits per heavy atom. The van der Waals surface area contributed by atoms with E-state index in [2.05, 4.69) is 17.4 Å². The van der Waals surface area contributed by atoms with Gasteiger partial charge in [0.1, 0.15) is 11.5 Å². The summed E-state index contributed by atoms with van der Waals surface area (Å²) in [5.74, 6) is 1.63. The first kappa shape index (κ1) is 19.6. The fourth-order valence-electron chi connectivity index (χ4n) is 2.18. The highest BCUT2D eigenvalue weighted by atomic mass is 35.5. The average molecular weight is 356 g/mol. The number of halogens is 2. The summed E-state index contributed by atoms with van der Waals surface area (Å²) in [6, 6.07) is 14.1. The Bertz CT molecular complexity index is 588. The van der Waals surface area contributed by atoms with Crippen LogP contribution in [-0.4, -0.2) is 20.3 Å². The molecule has 0 saturated carbocycles. The lowest BCUT2D eigenvalue weighted by atomic mass is 10.1. The van der Waals surface area contributed by atoms with Gasteiger partial charge < -0.3 is 14.8 Å². The minimum absolute atomic E-state index is 0. The van der Waals surface area contributed by atoms with E-state index in [4.69, 9.17) is 21.1 Å². The van der Waals surface area contributed by atoms with Gasteiger partial charge in [0.15, 0.2) is 0 Å². The second-order valence-corrected chi connectivity index (χ2v) is 5.38. The van der Waals surface area contributed by atoms with E-state index in [-0.39, 0.29) is 12.4 Å². The second-order valence-electron chi connectivity index (χ2n) is 4.97. The molecule has 3 nitrogen and oxygen atoms in total. The van der Waals surface area contributed by atoms with Crippen molar-refractivity contribution < 1.29 is 9.47 Å². The molecular formula is C18H23Cl2NO2. The summed E-state index contributed by atoms with van der Waals surface area (Å²) in [7, 11) is 1.68. The van der Waals surface area contributed by atoms with Crippen molar-refractivity contribution in [2.45, 2.75) is 19.9 Å². The molecule has 0 fully saturated rings. The van der Waals surface area contributed by atoms with Crippen LogP contribution in [0.25, 0.3) is 0 Å². The lowest BCUT2D eigenvalue weighted by Crippen LogP contribution is -2.16. The van der Waals surface area contributed by atoms with E-state index >= 15 is 0 Å². The summed E-state index contributed by atoms with van der Waals surface area (Å²) in [6.45, 7) is 4.28. The summed E-state index contributed by atoms with van der Waals surface area (Å²) < 4.78 is 10.6. The van der Waals surface area contributed by atoms with Gasteiger partial charge in [-0.3, -0.25) is 0 Å². The quantitative estimate of drug-likeness (QED) is 0.707. The standard InChI is InChI=1S/C18H22ClNO2.ClH/c1-3-22-18-9-6-15(12-17(18)19)13-20-11-10-14-4-7-16(21-2)8-5-14;/h4-9,12,20H,3,10-11,13H2,1-2H3;1H. The van der Waals surface area contributed by atoms with Gasteiger partial charge in [0.2, 0.25) is 0 Å². The van der Waals surface area contributed by atoms with Gasteiger partial charge in [0.25, 0.3) is 0 Å². The molecule has 0 aliphatic heterocycles. The van der Waals surface area contributed by atoms with Gasteiger partial charge in [0, 0.05) is 6.54 Å². The normalized spacial score (nSPS) is 10.0. The van der Waals surface area contributed by atoms with Crippen molar-refractivity contribution in [3.63, 3.8) is 0 Å². The third kappa shape index (κ3) is 6.30. The number of ether oxygens (including phenoxy) is 2. The molecule has 23 heavy (non-hydrogen) atoms. The SMILES string of the molecule is CCOc1ccc(CNCCc2ccc(OC)cc2)cc1Cl.Cl. The van der Waals surface area contributed by atoms with Gasteiger partial charge in [-0.15, -0.1) is 12.4 Å². The predicted octanol–water partition coefficient (Wildman–Crippen LogP) is 4.50. The molecule has 2 aromatic carbocycles. The van der Waals surface area contributed by atoms with Crippen LogP contribution in [0.5, 0.6) is 11.5 Å². The van der Waals surface area contributed by atoms with Crippen LogP contribution in [0.4, 0.5) is 0 Å². The van der Waals surface area contributed by atoms with Crippen LogP contribution in [0.1, 0.15) is 18.1 Å². The zero-order valence-electron chi connectivity index (χ0n) is 13.5. The number of hydrogen-bond donors (Lipinski definition) is 1. The Morgan fingerprint density at radius 3 is 2.35 bits per heavy atom. The van der Waals surface area contributed by atoms with E-state index in [1.807, 2.05) is 37.3 Å². The van der Waals surface area contributed by atoms with Crippen LogP contribution in [-0.2, 0) is 13.0 Å². The van der Waals surface area contributed by atoms with Crippen LogP contribution < -0.4 is 14.8 Å². The molecule has 126 valence electrons. The molecule has 0 aromatic heterocycles. The second kappa shape index (κ2) is 10.4. The maximum absolute atomic E-state index is 6.18. The first-order valence-electron chi connectivity index (χ1n) is 7.47. The Balaban J connectivity index is 0.00000264. The average Bonchev–Trinajstić information content (AvgIpc) is 2.55. The van der Waals surface area contributed by atoms with Crippen LogP contribution in [0.2, 0.25) is 5.02 Å². The van der Waals surface area contributed by atoms with Crippen molar-refractivity contribution in [1.29, 1.82) is 0 Å². The molecule has 0 heterocycles. The molecule has 1 N–H and O–H groups in total. The van der Waals surface area contributed by atoms with Gasteiger partial charge in [-0.2, -0.15) is 0 Å². The van der Waals surface area contributed by atoms with E-state index in [1.54, 1.807) is 7.11 Å². The zero-order valence-corrected chi connectivity index (χ0v) is 15.0. The smallest absolute Gasteiger partial charge is 0.137 e. The highest BCUT2D eigenvalue weighted by molar-refractivity contribution is 6.32. The maximum Gasteiger partial charge on any atom is 0.137 e. The molecule has 2 aromatic rings. The van der Waals surface area contributed by atoms with Crippen LogP contribution in [0.3, 0.4) is 0 Å². The first-order chi connectivity index (χ1) is 10.7. The van der Waals surface area contributed by atoms with E-state index in [0.717, 1.165) is 36.6 Å². The van der Waals surface area contributed by atoms with Gasteiger partial charge in [0.05, 0.1) is 18.7 Å². The fraction of sp³-hybridized carbons (Fsp3) is 0.333. The van der Waals surface area contributed by atoms with E-state index in [9.17, 15) is 0 Å². The monoisotopic (exact) mass is 355 g/mol. The molecule has 0 unspecified atom stereocenters. The largest absolute Gasteiger partial charge is 0.497 e. The van der Waals surface area contributed by atoms with Gasteiger partial charge in [-0.05, 0) is 55.3 Å².